The van der Waals surface area contributed by atoms with E-state index < -0.39 is 12.9 Å². The zero-order valence-corrected chi connectivity index (χ0v) is 18.7. The van der Waals surface area contributed by atoms with Crippen LogP contribution in [-0.2, 0) is 9.31 Å². The molecule has 0 N–H and O–H groups in total. The Morgan fingerprint density at radius 3 is 2.23 bits per heavy atom. The lowest BCUT2D eigenvalue weighted by Gasteiger charge is -2.32. The van der Waals surface area contributed by atoms with E-state index in [0.717, 1.165) is 23.0 Å². The Labute approximate surface area is 182 Å². The standard InChI is InChI=1S/C22H27BFN5O2/c1-15(16-7-9-20(25-11-16)29-14-18(24)13-27-29)28(6)19-10-8-17(12-26-19)23-30-21(2,3)22(4,5)31-23/h7-15H,1-6H3/t15-/m0/s1. The van der Waals surface area contributed by atoms with Crippen LogP contribution in [-0.4, -0.2) is 45.1 Å². The number of pyridine rings is 2. The van der Waals surface area contributed by atoms with Crippen molar-refractivity contribution in [3.05, 3.63) is 60.4 Å². The summed E-state index contributed by atoms with van der Waals surface area (Å²) in [5.74, 6) is 0.993. The number of hydrogen-bond donors (Lipinski definition) is 0. The summed E-state index contributed by atoms with van der Waals surface area (Å²) in [6.45, 7) is 10.2. The molecule has 0 spiro atoms. The first-order chi connectivity index (χ1) is 14.6. The van der Waals surface area contributed by atoms with Crippen LogP contribution in [0.5, 0.6) is 0 Å². The molecule has 0 unspecified atom stereocenters. The highest BCUT2D eigenvalue weighted by Gasteiger charge is 2.51. The first kappa shape index (κ1) is 21.5. The first-order valence-corrected chi connectivity index (χ1v) is 10.3. The second-order valence-corrected chi connectivity index (χ2v) is 8.88. The van der Waals surface area contributed by atoms with Gasteiger partial charge in [0.1, 0.15) is 5.82 Å². The molecule has 1 saturated heterocycles. The van der Waals surface area contributed by atoms with Gasteiger partial charge in [-0.05, 0) is 52.3 Å². The Morgan fingerprint density at radius 2 is 1.71 bits per heavy atom. The predicted molar refractivity (Wildman–Crippen MR) is 118 cm³/mol. The van der Waals surface area contributed by atoms with E-state index in [1.807, 2.05) is 59.0 Å². The van der Waals surface area contributed by atoms with E-state index in [0.29, 0.717) is 5.82 Å². The third-order valence-electron chi connectivity index (χ3n) is 6.28. The number of rotatable bonds is 5. The van der Waals surface area contributed by atoms with E-state index in [-0.39, 0.29) is 17.2 Å². The molecule has 1 aliphatic heterocycles. The summed E-state index contributed by atoms with van der Waals surface area (Å²) in [4.78, 5) is 11.1. The number of hydrogen-bond acceptors (Lipinski definition) is 6. The molecule has 3 aromatic heterocycles. The van der Waals surface area contributed by atoms with Crippen molar-refractivity contribution in [2.45, 2.75) is 51.9 Å². The molecule has 1 fully saturated rings. The van der Waals surface area contributed by atoms with E-state index in [4.69, 9.17) is 9.31 Å². The van der Waals surface area contributed by atoms with E-state index in [9.17, 15) is 4.39 Å². The van der Waals surface area contributed by atoms with Gasteiger partial charge in [0, 0.05) is 24.9 Å². The van der Waals surface area contributed by atoms with Crippen LogP contribution in [0, 0.1) is 5.82 Å². The van der Waals surface area contributed by atoms with Crippen LogP contribution in [0.25, 0.3) is 5.82 Å². The Hall–Kier alpha value is -2.78. The van der Waals surface area contributed by atoms with Crippen LogP contribution < -0.4 is 10.4 Å². The molecule has 4 rings (SSSR count). The van der Waals surface area contributed by atoms with Crippen LogP contribution in [0.4, 0.5) is 10.2 Å². The monoisotopic (exact) mass is 423 g/mol. The molecule has 7 nitrogen and oxygen atoms in total. The van der Waals surface area contributed by atoms with Crippen LogP contribution >= 0.6 is 0 Å². The molecule has 0 bridgehead atoms. The zero-order chi connectivity index (χ0) is 22.4. The molecule has 0 radical (unpaired) electrons. The maximum absolute atomic E-state index is 13.2. The maximum Gasteiger partial charge on any atom is 0.496 e. The summed E-state index contributed by atoms with van der Waals surface area (Å²) in [5.41, 5.74) is 1.13. The molecule has 1 atom stereocenters. The lowest BCUT2D eigenvalue weighted by atomic mass is 9.80. The van der Waals surface area contributed by atoms with Gasteiger partial charge in [0.25, 0.3) is 0 Å². The molecular weight excluding hydrogens is 396 g/mol. The summed E-state index contributed by atoms with van der Waals surface area (Å²) in [6.07, 6.45) is 6.02. The van der Waals surface area contributed by atoms with Crippen LogP contribution in [0.15, 0.2) is 49.1 Å². The number of aromatic nitrogens is 4. The molecule has 162 valence electrons. The number of halogens is 1. The molecule has 0 aliphatic carbocycles. The first-order valence-electron chi connectivity index (χ1n) is 10.3. The second-order valence-electron chi connectivity index (χ2n) is 8.88. The highest BCUT2D eigenvalue weighted by Crippen LogP contribution is 2.36. The maximum atomic E-state index is 13.2. The quantitative estimate of drug-likeness (QED) is 0.587. The fourth-order valence-electron chi connectivity index (χ4n) is 3.35. The molecule has 9 heteroatoms. The molecule has 31 heavy (non-hydrogen) atoms. The minimum atomic E-state index is -0.432. The normalized spacial score (nSPS) is 18.2. The molecule has 0 aromatic carbocycles. The zero-order valence-electron chi connectivity index (χ0n) is 18.7. The fourth-order valence-corrected chi connectivity index (χ4v) is 3.35. The second kappa shape index (κ2) is 7.73. The van der Waals surface area contributed by atoms with Crippen molar-refractivity contribution >= 4 is 18.4 Å². The minimum Gasteiger partial charge on any atom is -0.399 e. The van der Waals surface area contributed by atoms with Gasteiger partial charge in [-0.1, -0.05) is 12.1 Å². The van der Waals surface area contributed by atoms with Crippen molar-refractivity contribution in [1.29, 1.82) is 0 Å². The fraction of sp³-hybridized carbons (Fsp3) is 0.409. The van der Waals surface area contributed by atoms with Crippen LogP contribution in [0.1, 0.15) is 46.2 Å². The lowest BCUT2D eigenvalue weighted by molar-refractivity contribution is 0.00578. The molecule has 4 heterocycles. The van der Waals surface area contributed by atoms with Crippen LogP contribution in [0.2, 0.25) is 0 Å². The van der Waals surface area contributed by atoms with Gasteiger partial charge in [-0.25, -0.2) is 19.0 Å². The Bertz CT molecular complexity index is 1040. The van der Waals surface area contributed by atoms with Gasteiger partial charge < -0.3 is 14.2 Å². The summed E-state index contributed by atoms with van der Waals surface area (Å²) in [5, 5.41) is 3.94. The Balaban J connectivity index is 1.46. The topological polar surface area (TPSA) is 65.3 Å². The highest BCUT2D eigenvalue weighted by atomic mass is 19.1. The van der Waals surface area contributed by atoms with Crippen molar-refractivity contribution in [3.63, 3.8) is 0 Å². The van der Waals surface area contributed by atoms with Gasteiger partial charge in [-0.15, -0.1) is 0 Å². The van der Waals surface area contributed by atoms with Gasteiger partial charge >= 0.3 is 7.12 Å². The van der Waals surface area contributed by atoms with Gasteiger partial charge in [-0.2, -0.15) is 5.10 Å². The molecule has 0 saturated carbocycles. The van der Waals surface area contributed by atoms with Gasteiger partial charge in [0.05, 0.1) is 29.6 Å². The van der Waals surface area contributed by atoms with E-state index in [2.05, 4.69) is 26.9 Å². The van der Waals surface area contributed by atoms with E-state index >= 15 is 0 Å². The third kappa shape index (κ3) is 4.07. The minimum absolute atomic E-state index is 0.0334. The molecule has 3 aromatic rings. The number of anilines is 1. The molecule has 0 amide bonds. The van der Waals surface area contributed by atoms with E-state index in [1.165, 1.54) is 10.9 Å². The highest BCUT2D eigenvalue weighted by molar-refractivity contribution is 6.62. The van der Waals surface area contributed by atoms with Gasteiger partial charge in [0.15, 0.2) is 11.6 Å². The molecule has 1 aliphatic rings. The average Bonchev–Trinajstić information content (AvgIpc) is 3.27. The summed E-state index contributed by atoms with van der Waals surface area (Å²) >= 11 is 0. The van der Waals surface area contributed by atoms with Crippen molar-refractivity contribution < 1.29 is 13.7 Å². The summed E-state index contributed by atoms with van der Waals surface area (Å²) in [6, 6.07) is 7.76. The summed E-state index contributed by atoms with van der Waals surface area (Å²) in [7, 11) is 1.55. The lowest BCUT2D eigenvalue weighted by Crippen LogP contribution is -2.41. The summed E-state index contributed by atoms with van der Waals surface area (Å²) < 4.78 is 26.8. The van der Waals surface area contributed by atoms with Gasteiger partial charge in [0.2, 0.25) is 0 Å². The van der Waals surface area contributed by atoms with Crippen molar-refractivity contribution in [3.8, 4) is 5.82 Å². The van der Waals surface area contributed by atoms with Crippen LogP contribution in [0.3, 0.4) is 0 Å². The molecular formula is C22H27BFN5O2. The average molecular weight is 423 g/mol. The Morgan fingerprint density at radius 1 is 1.00 bits per heavy atom. The SMILES string of the molecule is C[C@@H](c1ccc(-n2cc(F)cn2)nc1)N(C)c1ccc(B2OC(C)(C)C(C)(C)O2)cn1. The van der Waals surface area contributed by atoms with Gasteiger partial charge in [-0.3, -0.25) is 0 Å². The Kier molecular flexibility index (Phi) is 5.35. The third-order valence-corrected chi connectivity index (χ3v) is 6.28. The van der Waals surface area contributed by atoms with E-state index in [1.54, 1.807) is 12.4 Å². The van der Waals surface area contributed by atoms with Crippen molar-refractivity contribution in [2.24, 2.45) is 0 Å². The number of nitrogens with zero attached hydrogens (tertiary/aromatic N) is 5. The smallest absolute Gasteiger partial charge is 0.399 e. The van der Waals surface area contributed by atoms with Crippen molar-refractivity contribution in [1.82, 2.24) is 19.7 Å². The van der Waals surface area contributed by atoms with Crippen molar-refractivity contribution in [2.75, 3.05) is 11.9 Å². The largest absolute Gasteiger partial charge is 0.496 e. The predicted octanol–water partition coefficient (Wildman–Crippen LogP) is 3.30.